The van der Waals surface area contributed by atoms with Crippen LogP contribution in [-0.4, -0.2) is 32.7 Å². The van der Waals surface area contributed by atoms with Crippen LogP contribution in [0.5, 0.6) is 5.75 Å². The smallest absolute Gasteiger partial charge is 0.337 e. The molecule has 1 heterocycles. The van der Waals surface area contributed by atoms with Crippen LogP contribution in [-0.2, 0) is 13.0 Å². The summed E-state index contributed by atoms with van der Waals surface area (Å²) in [7, 11) is 0. The van der Waals surface area contributed by atoms with Crippen molar-refractivity contribution in [2.75, 3.05) is 11.9 Å². The van der Waals surface area contributed by atoms with E-state index in [2.05, 4.69) is 5.32 Å². The highest BCUT2D eigenvalue weighted by atomic mass is 35.5. The number of aromatic carboxylic acids is 1. The van der Waals surface area contributed by atoms with Gasteiger partial charge in [-0.3, -0.25) is 0 Å². The Labute approximate surface area is 149 Å². The van der Waals surface area contributed by atoms with Gasteiger partial charge in [0.05, 0.1) is 10.6 Å². The molecule has 3 N–H and O–H groups in total. The highest BCUT2D eigenvalue weighted by molar-refractivity contribution is 7.80. The number of halogens is 1. The highest BCUT2D eigenvalue weighted by Crippen LogP contribution is 2.25. The molecule has 2 aromatic rings. The minimum absolute atomic E-state index is 0.0554. The van der Waals surface area contributed by atoms with Crippen molar-refractivity contribution in [1.29, 1.82) is 0 Å². The Morgan fingerprint density at radius 1 is 1.21 bits per heavy atom. The quantitative estimate of drug-likeness (QED) is 0.710. The first-order valence-corrected chi connectivity index (χ1v) is 8.12. The third kappa shape index (κ3) is 3.44. The zero-order chi connectivity index (χ0) is 17.3. The molecule has 0 saturated carbocycles. The molecule has 0 radical (unpaired) electrons. The highest BCUT2D eigenvalue weighted by Gasteiger charge is 2.19. The van der Waals surface area contributed by atoms with Crippen molar-refractivity contribution in [1.82, 2.24) is 4.90 Å². The summed E-state index contributed by atoms with van der Waals surface area (Å²) in [6.07, 6.45) is 0.796. The number of hydrogen-bond donors (Lipinski definition) is 3. The number of fused-ring (bicyclic) bond motifs is 1. The van der Waals surface area contributed by atoms with Crippen molar-refractivity contribution in [2.24, 2.45) is 0 Å². The number of nitrogens with one attached hydrogen (secondary N) is 1. The number of phenolic OH excluding ortho intramolecular Hbond substituents is 1. The van der Waals surface area contributed by atoms with Gasteiger partial charge in [-0.15, -0.1) is 0 Å². The number of phenols is 1. The summed E-state index contributed by atoms with van der Waals surface area (Å²) < 4.78 is 0. The van der Waals surface area contributed by atoms with E-state index in [1.807, 2.05) is 11.0 Å². The molecule has 0 amide bonds. The fourth-order valence-corrected chi connectivity index (χ4v) is 3.22. The number of hydrogen-bond acceptors (Lipinski definition) is 3. The topological polar surface area (TPSA) is 72.8 Å². The molecule has 0 aromatic heterocycles. The molecule has 0 atom stereocenters. The van der Waals surface area contributed by atoms with E-state index in [0.29, 0.717) is 17.3 Å². The zero-order valence-electron chi connectivity index (χ0n) is 12.6. The Kier molecular flexibility index (Phi) is 4.59. The first-order chi connectivity index (χ1) is 11.4. The molecule has 0 unspecified atom stereocenters. The third-order valence-corrected chi connectivity index (χ3v) is 4.61. The number of carbonyl (C=O) groups is 1. The van der Waals surface area contributed by atoms with Crippen LogP contribution >= 0.6 is 23.8 Å². The van der Waals surface area contributed by atoms with E-state index in [1.54, 1.807) is 24.3 Å². The fraction of sp³-hybridized carbons (Fsp3) is 0.176. The number of thiocarbonyl (C=S) groups is 1. The molecular weight excluding hydrogens is 348 g/mol. The van der Waals surface area contributed by atoms with Gasteiger partial charge in [-0.25, -0.2) is 4.79 Å². The molecule has 124 valence electrons. The van der Waals surface area contributed by atoms with Gasteiger partial charge < -0.3 is 20.4 Å². The lowest BCUT2D eigenvalue weighted by Crippen LogP contribution is -2.38. The number of carboxylic acid groups (broad SMARTS) is 1. The van der Waals surface area contributed by atoms with Crippen LogP contribution in [0.15, 0.2) is 36.4 Å². The van der Waals surface area contributed by atoms with Crippen LogP contribution in [0.4, 0.5) is 5.69 Å². The van der Waals surface area contributed by atoms with Gasteiger partial charge in [0, 0.05) is 18.8 Å². The Hall–Kier alpha value is -2.31. The van der Waals surface area contributed by atoms with E-state index >= 15 is 0 Å². The lowest BCUT2D eigenvalue weighted by Gasteiger charge is -2.31. The first kappa shape index (κ1) is 16.5. The molecule has 3 rings (SSSR count). The van der Waals surface area contributed by atoms with Crippen LogP contribution in [0, 0.1) is 0 Å². The van der Waals surface area contributed by atoms with Crippen molar-refractivity contribution in [3.8, 4) is 5.75 Å². The lowest BCUT2D eigenvalue weighted by molar-refractivity contribution is 0.0697. The van der Waals surface area contributed by atoms with Crippen molar-refractivity contribution >= 4 is 40.6 Å². The summed E-state index contributed by atoms with van der Waals surface area (Å²) in [5.74, 6) is -0.791. The lowest BCUT2D eigenvalue weighted by atomic mass is 10.00. The molecule has 7 heteroatoms. The monoisotopic (exact) mass is 362 g/mol. The van der Waals surface area contributed by atoms with Gasteiger partial charge in [-0.05, 0) is 60.1 Å². The molecular formula is C17H15ClN2O3S. The van der Waals surface area contributed by atoms with Crippen LogP contribution in [0.1, 0.15) is 21.5 Å². The summed E-state index contributed by atoms with van der Waals surface area (Å²) >= 11 is 11.4. The van der Waals surface area contributed by atoms with Gasteiger partial charge >= 0.3 is 5.97 Å². The van der Waals surface area contributed by atoms with Crippen LogP contribution in [0.2, 0.25) is 5.02 Å². The Balaban J connectivity index is 1.71. The van der Waals surface area contributed by atoms with E-state index in [-0.39, 0.29) is 16.3 Å². The second kappa shape index (κ2) is 6.67. The minimum atomic E-state index is -1.06. The fourth-order valence-electron chi connectivity index (χ4n) is 2.68. The summed E-state index contributed by atoms with van der Waals surface area (Å²) in [5.41, 5.74) is 2.96. The Bertz CT molecular complexity index is 825. The third-order valence-electron chi connectivity index (χ3n) is 3.94. The predicted molar refractivity (Wildman–Crippen MR) is 96.9 cm³/mol. The standard InChI is InChI=1S/C17H15ClN2O3S/c18-15-8-12(2-4-14(15)16(22)23)19-17(24)20-6-5-10-7-13(21)3-1-11(10)9-20/h1-4,7-8,21H,5-6,9H2,(H,19,24)(H,22,23). The molecule has 0 fully saturated rings. The van der Waals surface area contributed by atoms with Gasteiger partial charge in [-0.1, -0.05) is 17.7 Å². The molecule has 1 aliphatic heterocycles. The molecule has 0 aliphatic carbocycles. The van der Waals surface area contributed by atoms with Crippen LogP contribution in [0.3, 0.4) is 0 Å². The second-order valence-electron chi connectivity index (χ2n) is 5.55. The van der Waals surface area contributed by atoms with Gasteiger partial charge in [0.25, 0.3) is 0 Å². The Morgan fingerprint density at radius 3 is 2.71 bits per heavy atom. The van der Waals surface area contributed by atoms with Gasteiger partial charge in [0.2, 0.25) is 0 Å². The van der Waals surface area contributed by atoms with E-state index < -0.39 is 5.97 Å². The molecule has 0 bridgehead atoms. The number of rotatable bonds is 2. The molecule has 0 saturated heterocycles. The number of benzene rings is 2. The molecule has 0 spiro atoms. The van der Waals surface area contributed by atoms with Crippen LogP contribution < -0.4 is 5.32 Å². The zero-order valence-corrected chi connectivity index (χ0v) is 14.2. The van der Waals surface area contributed by atoms with Crippen molar-refractivity contribution in [3.05, 3.63) is 58.1 Å². The molecule has 2 aromatic carbocycles. The SMILES string of the molecule is O=C(O)c1ccc(NC(=S)N2CCc3cc(O)ccc3C2)cc1Cl. The van der Waals surface area contributed by atoms with E-state index in [4.69, 9.17) is 28.9 Å². The van der Waals surface area contributed by atoms with Crippen molar-refractivity contribution in [3.63, 3.8) is 0 Å². The molecule has 5 nitrogen and oxygen atoms in total. The molecule has 1 aliphatic rings. The minimum Gasteiger partial charge on any atom is -0.508 e. The van der Waals surface area contributed by atoms with E-state index in [9.17, 15) is 9.90 Å². The first-order valence-electron chi connectivity index (χ1n) is 7.33. The average Bonchev–Trinajstić information content (AvgIpc) is 2.54. The van der Waals surface area contributed by atoms with E-state index in [0.717, 1.165) is 24.1 Å². The molecule has 24 heavy (non-hydrogen) atoms. The number of anilines is 1. The second-order valence-corrected chi connectivity index (χ2v) is 6.35. The maximum Gasteiger partial charge on any atom is 0.337 e. The summed E-state index contributed by atoms with van der Waals surface area (Å²) in [6, 6.07) is 9.99. The number of carboxylic acids is 1. The number of aromatic hydroxyl groups is 1. The summed E-state index contributed by atoms with van der Waals surface area (Å²) in [4.78, 5) is 13.0. The van der Waals surface area contributed by atoms with E-state index in [1.165, 1.54) is 6.07 Å². The predicted octanol–water partition coefficient (Wildman–Crippen LogP) is 3.50. The normalized spacial score (nSPS) is 13.3. The maximum absolute atomic E-state index is 11.0. The average molecular weight is 363 g/mol. The van der Waals surface area contributed by atoms with Crippen molar-refractivity contribution < 1.29 is 15.0 Å². The largest absolute Gasteiger partial charge is 0.508 e. The van der Waals surface area contributed by atoms with Gasteiger partial charge in [0.1, 0.15) is 5.75 Å². The number of nitrogens with zero attached hydrogens (tertiary/aromatic N) is 1. The summed E-state index contributed by atoms with van der Waals surface area (Å²) in [5, 5.41) is 22.3. The van der Waals surface area contributed by atoms with Gasteiger partial charge in [-0.2, -0.15) is 0 Å². The van der Waals surface area contributed by atoms with Crippen LogP contribution in [0.25, 0.3) is 0 Å². The van der Waals surface area contributed by atoms with Crippen molar-refractivity contribution in [2.45, 2.75) is 13.0 Å². The van der Waals surface area contributed by atoms with Gasteiger partial charge in [0.15, 0.2) is 5.11 Å². The summed E-state index contributed by atoms with van der Waals surface area (Å²) in [6.45, 7) is 1.39. The Morgan fingerprint density at radius 2 is 2.00 bits per heavy atom. The maximum atomic E-state index is 11.0.